The van der Waals surface area contributed by atoms with Crippen LogP contribution < -0.4 is 21.7 Å². The minimum absolute atomic E-state index is 0.00843. The molecule has 3 atom stereocenters. The number of aromatic nitrogens is 3. The summed E-state index contributed by atoms with van der Waals surface area (Å²) >= 11 is 2.30. The number of phenolic OH excluding ortho intramolecular Hbond substituents is 2. The summed E-state index contributed by atoms with van der Waals surface area (Å²) in [6.07, 6.45) is 3.11. The maximum absolute atomic E-state index is 13.6. The SMILES string of the molecule is C[C@@H]1S[C@@H]2[C@H](NC(=O)C(=NOC(C)(C)C(=O)O)c3csc(N)n3)C(=O)N2C(C(=O)[O-])=C1C[N+]1(CCn2cnc3cc(O)c(O)cc3c2=O)CCCC1. The van der Waals surface area contributed by atoms with Crippen LogP contribution in [0.5, 0.6) is 11.5 Å². The number of oxime groups is 1. The zero-order valence-electron chi connectivity index (χ0n) is 28.3. The van der Waals surface area contributed by atoms with Crippen LogP contribution in [0.25, 0.3) is 10.9 Å². The number of likely N-dealkylation sites (tertiary alicyclic amines) is 1. The number of carboxylic acid groups (broad SMARTS) is 2. The number of aliphatic carboxylic acids is 2. The van der Waals surface area contributed by atoms with Crippen molar-refractivity contribution in [1.29, 1.82) is 0 Å². The molecule has 2 aromatic heterocycles. The molecule has 3 aromatic rings. The lowest BCUT2D eigenvalue weighted by Crippen LogP contribution is -2.72. The van der Waals surface area contributed by atoms with Gasteiger partial charge in [0.25, 0.3) is 17.4 Å². The minimum atomic E-state index is -1.80. The van der Waals surface area contributed by atoms with Gasteiger partial charge in [0.1, 0.15) is 23.7 Å². The highest BCUT2D eigenvalue weighted by atomic mass is 32.2. The summed E-state index contributed by atoms with van der Waals surface area (Å²) < 4.78 is 1.86. The van der Waals surface area contributed by atoms with E-state index < -0.39 is 68.8 Å². The fourth-order valence-electron chi connectivity index (χ4n) is 6.55. The van der Waals surface area contributed by atoms with E-state index in [1.54, 1.807) is 0 Å². The van der Waals surface area contributed by atoms with E-state index in [-0.39, 0.29) is 40.5 Å². The number of carbonyl (C=O) groups excluding carboxylic acids is 3. The number of β-lactam (4-membered cyclic amide) rings is 1. The first-order chi connectivity index (χ1) is 24.5. The van der Waals surface area contributed by atoms with Gasteiger partial charge >= 0.3 is 5.97 Å². The fourth-order valence-corrected chi connectivity index (χ4v) is 8.53. The molecule has 0 spiro atoms. The van der Waals surface area contributed by atoms with E-state index in [1.807, 2.05) is 6.92 Å². The summed E-state index contributed by atoms with van der Waals surface area (Å²) in [5, 5.41) is 48.7. The molecule has 0 bridgehead atoms. The van der Waals surface area contributed by atoms with Crippen molar-refractivity contribution >= 4 is 68.6 Å². The van der Waals surface area contributed by atoms with Gasteiger partial charge < -0.3 is 45.6 Å². The van der Waals surface area contributed by atoms with E-state index in [1.165, 1.54) is 54.0 Å². The average Bonchev–Trinajstić information content (AvgIpc) is 3.74. The second-order valence-corrected chi connectivity index (χ2v) is 15.7. The number of hydrogen-bond donors (Lipinski definition) is 5. The second-order valence-electron chi connectivity index (χ2n) is 13.4. The Morgan fingerprint density at radius 2 is 1.88 bits per heavy atom. The molecule has 0 saturated carbocycles. The Balaban J connectivity index is 1.23. The van der Waals surface area contributed by atoms with Crippen molar-refractivity contribution in [2.24, 2.45) is 5.16 Å². The Kier molecular flexibility index (Phi) is 9.66. The molecule has 18 nitrogen and oxygen atoms in total. The van der Waals surface area contributed by atoms with Gasteiger partial charge in [0.15, 0.2) is 22.3 Å². The van der Waals surface area contributed by atoms with Gasteiger partial charge in [0, 0.05) is 35.1 Å². The van der Waals surface area contributed by atoms with Gasteiger partial charge in [-0.25, -0.2) is 14.8 Å². The molecule has 3 aliphatic heterocycles. The molecular weight excluding hydrogens is 721 g/mol. The number of fused-ring (bicyclic) bond motifs is 2. The molecule has 6 rings (SSSR count). The number of nitrogens with two attached hydrogens (primary N) is 1. The lowest BCUT2D eigenvalue weighted by molar-refractivity contribution is -0.913. The number of aromatic hydroxyl groups is 2. The number of phenols is 2. The van der Waals surface area contributed by atoms with Gasteiger partial charge in [0.05, 0.1) is 55.1 Å². The maximum atomic E-state index is 13.6. The minimum Gasteiger partial charge on any atom is -0.543 e. The van der Waals surface area contributed by atoms with Crippen molar-refractivity contribution in [2.75, 3.05) is 31.9 Å². The van der Waals surface area contributed by atoms with E-state index in [9.17, 15) is 44.4 Å². The zero-order chi connectivity index (χ0) is 37.7. The van der Waals surface area contributed by atoms with Crippen LogP contribution in [0.3, 0.4) is 0 Å². The van der Waals surface area contributed by atoms with Gasteiger partial charge in [-0.3, -0.25) is 23.9 Å². The van der Waals surface area contributed by atoms with Crippen LogP contribution in [0.4, 0.5) is 5.13 Å². The predicted octanol–water partition coefficient (Wildman–Crippen LogP) is -0.466. The number of thioether (sulfide) groups is 1. The van der Waals surface area contributed by atoms with E-state index in [2.05, 4.69) is 20.4 Å². The van der Waals surface area contributed by atoms with Crippen LogP contribution in [-0.2, 0) is 30.6 Å². The highest BCUT2D eigenvalue weighted by Crippen LogP contribution is 2.45. The average molecular weight is 757 g/mol. The first kappa shape index (κ1) is 36.6. The van der Waals surface area contributed by atoms with Crippen LogP contribution in [0.2, 0.25) is 0 Å². The molecule has 2 amide bonds. The molecule has 5 heterocycles. The zero-order valence-corrected chi connectivity index (χ0v) is 29.9. The van der Waals surface area contributed by atoms with Gasteiger partial charge in [-0.1, -0.05) is 5.16 Å². The molecule has 276 valence electrons. The number of hydrogen-bond acceptors (Lipinski definition) is 15. The smallest absolute Gasteiger partial charge is 0.350 e. The Morgan fingerprint density at radius 1 is 1.19 bits per heavy atom. The molecule has 0 aliphatic carbocycles. The van der Waals surface area contributed by atoms with Gasteiger partial charge in [0.2, 0.25) is 5.60 Å². The van der Waals surface area contributed by atoms with Crippen molar-refractivity contribution in [2.45, 2.75) is 62.4 Å². The van der Waals surface area contributed by atoms with Crippen molar-refractivity contribution < 1.29 is 48.9 Å². The predicted molar refractivity (Wildman–Crippen MR) is 186 cm³/mol. The second kappa shape index (κ2) is 13.7. The number of anilines is 1. The van der Waals surface area contributed by atoms with Crippen LogP contribution in [-0.4, -0.2) is 117 Å². The number of carbonyl (C=O) groups is 4. The highest BCUT2D eigenvalue weighted by molar-refractivity contribution is 8.00. The van der Waals surface area contributed by atoms with Crippen molar-refractivity contribution in [3.05, 3.63) is 51.2 Å². The largest absolute Gasteiger partial charge is 0.543 e. The summed E-state index contributed by atoms with van der Waals surface area (Å²) in [6, 6.07) is 1.22. The third-order valence-corrected chi connectivity index (χ3v) is 11.6. The van der Waals surface area contributed by atoms with Gasteiger partial charge in [-0.2, -0.15) is 0 Å². The lowest BCUT2D eigenvalue weighted by atomic mass is 9.99. The third-order valence-electron chi connectivity index (χ3n) is 9.52. The number of nitrogen functional groups attached to an aromatic ring is 1. The number of thiazole rings is 1. The van der Waals surface area contributed by atoms with Crippen LogP contribution in [0.1, 0.15) is 39.3 Å². The molecule has 0 unspecified atom stereocenters. The van der Waals surface area contributed by atoms with Crippen LogP contribution in [0, 0.1) is 0 Å². The lowest BCUT2D eigenvalue weighted by Gasteiger charge is -2.53. The molecule has 2 fully saturated rings. The molecule has 52 heavy (non-hydrogen) atoms. The van der Waals surface area contributed by atoms with Crippen molar-refractivity contribution in [1.82, 2.24) is 24.8 Å². The summed E-state index contributed by atoms with van der Waals surface area (Å²) in [7, 11) is 0. The van der Waals surface area contributed by atoms with E-state index in [4.69, 9.17) is 10.6 Å². The van der Waals surface area contributed by atoms with Crippen LogP contribution in [0.15, 0.2) is 45.1 Å². The molecular formula is C32H36N8O10S2. The first-order valence-electron chi connectivity index (χ1n) is 16.2. The summed E-state index contributed by atoms with van der Waals surface area (Å²) in [4.78, 5) is 79.2. The third kappa shape index (κ3) is 6.75. The monoisotopic (exact) mass is 756 g/mol. The summed E-state index contributed by atoms with van der Waals surface area (Å²) in [5.74, 6) is -5.30. The van der Waals surface area contributed by atoms with Crippen molar-refractivity contribution in [3.8, 4) is 11.5 Å². The quantitative estimate of drug-likeness (QED) is 0.0515. The number of carboxylic acids is 2. The first-order valence-corrected chi connectivity index (χ1v) is 18.0. The number of benzene rings is 1. The van der Waals surface area contributed by atoms with E-state index in [0.717, 1.165) is 29.1 Å². The molecule has 3 aliphatic rings. The Bertz CT molecular complexity index is 2110. The molecule has 2 saturated heterocycles. The Hall–Kier alpha value is -5.21. The van der Waals surface area contributed by atoms with E-state index in [0.29, 0.717) is 29.7 Å². The highest BCUT2D eigenvalue weighted by Gasteiger charge is 2.55. The number of nitrogens with zero attached hydrogens (tertiary/aromatic N) is 6. The van der Waals surface area contributed by atoms with Crippen LogP contribution >= 0.6 is 23.1 Å². The summed E-state index contributed by atoms with van der Waals surface area (Å²) in [6.45, 7) is 6.64. The van der Waals surface area contributed by atoms with Gasteiger partial charge in [-0.05, 0) is 26.8 Å². The number of nitrogens with one attached hydrogen (secondary N) is 1. The number of amides is 2. The topological polar surface area (TPSA) is 263 Å². The molecule has 6 N–H and O–H groups in total. The van der Waals surface area contributed by atoms with Gasteiger partial charge in [-0.15, -0.1) is 23.1 Å². The number of quaternary nitrogens is 1. The normalized spacial score (nSPS) is 21.5. The maximum Gasteiger partial charge on any atom is 0.350 e. The Morgan fingerprint density at radius 3 is 2.52 bits per heavy atom. The molecule has 1 aromatic carbocycles. The fraction of sp³-hybridized carbons (Fsp3) is 0.438. The Labute approximate surface area is 303 Å². The molecule has 20 heteroatoms. The van der Waals surface area contributed by atoms with Crippen molar-refractivity contribution in [3.63, 3.8) is 0 Å². The molecule has 0 radical (unpaired) electrons. The summed E-state index contributed by atoms with van der Waals surface area (Å²) in [5.41, 5.74) is 3.57. The standard InChI is InChI=1S/C32H36N8O10S2/c1-15-17(12-40(7-4-5-8-40)9-6-38-14-34-18-11-21(42)20(41)10-16(18)26(38)44)24(29(46)47)39-27(45)23(28(39)52-15)36-25(43)22(19-13-51-31(33)35-19)37-50-32(2,3)30(48)49/h10-11,13-15,23,28H,4-9,12H2,1-3H3,(H6-,33,35,36,37,41,42,43,44,46,47,48,49)/t15-,23+,28+/m0/s1. The number of rotatable bonds is 12. The van der Waals surface area contributed by atoms with E-state index >= 15 is 0 Å².